The Kier molecular flexibility index (Phi) is 5.12. The molecule has 0 saturated carbocycles. The molecule has 4 rings (SSSR count). The maximum atomic E-state index is 11.4. The molecule has 0 saturated heterocycles. The zero-order valence-electron chi connectivity index (χ0n) is 16.8. The molecule has 2 heterocycles. The molecule has 0 N–H and O–H groups in total. The van der Waals surface area contributed by atoms with Gasteiger partial charge in [0.05, 0.1) is 19.3 Å². The SMILES string of the molecule is COc1ccc(Cn2nc(C)c3cc(-c4cccc(CC(C)=O)c4)cnc32)cc1. The largest absolute Gasteiger partial charge is 0.497 e. The molecule has 0 unspecified atom stereocenters. The third-order valence-electron chi connectivity index (χ3n) is 4.98. The van der Waals surface area contributed by atoms with Crippen molar-refractivity contribution in [3.63, 3.8) is 0 Å². The molecule has 0 spiro atoms. The first-order chi connectivity index (χ1) is 14.0. The van der Waals surface area contributed by atoms with Gasteiger partial charge in [-0.25, -0.2) is 9.67 Å². The number of aromatic nitrogens is 3. The van der Waals surface area contributed by atoms with Crippen LogP contribution in [-0.2, 0) is 17.8 Å². The molecule has 0 aliphatic rings. The fraction of sp³-hybridized carbons (Fsp3) is 0.208. The summed E-state index contributed by atoms with van der Waals surface area (Å²) in [7, 11) is 1.66. The van der Waals surface area contributed by atoms with Gasteiger partial charge in [-0.1, -0.05) is 36.4 Å². The van der Waals surface area contributed by atoms with Gasteiger partial charge < -0.3 is 4.74 Å². The number of carbonyl (C=O) groups excluding carboxylic acids is 1. The van der Waals surface area contributed by atoms with E-state index in [1.165, 1.54) is 0 Å². The minimum atomic E-state index is 0.159. The van der Waals surface area contributed by atoms with E-state index in [1.807, 2.05) is 60.3 Å². The predicted molar refractivity (Wildman–Crippen MR) is 114 cm³/mol. The van der Waals surface area contributed by atoms with E-state index < -0.39 is 0 Å². The number of pyridine rings is 1. The molecule has 0 amide bonds. The lowest BCUT2D eigenvalue weighted by Crippen LogP contribution is -2.03. The highest BCUT2D eigenvalue weighted by atomic mass is 16.5. The number of methoxy groups -OCH3 is 1. The van der Waals surface area contributed by atoms with Gasteiger partial charge in [0, 0.05) is 23.6 Å². The van der Waals surface area contributed by atoms with Crippen LogP contribution in [0.5, 0.6) is 5.75 Å². The molecule has 29 heavy (non-hydrogen) atoms. The molecule has 5 nitrogen and oxygen atoms in total. The van der Waals surface area contributed by atoms with Crippen LogP contribution in [0.25, 0.3) is 22.2 Å². The average molecular weight is 385 g/mol. The second-order valence-corrected chi connectivity index (χ2v) is 7.27. The van der Waals surface area contributed by atoms with Gasteiger partial charge in [-0.3, -0.25) is 4.79 Å². The van der Waals surface area contributed by atoms with E-state index in [2.05, 4.69) is 12.1 Å². The second kappa shape index (κ2) is 7.87. The number of fused-ring (bicyclic) bond motifs is 1. The third kappa shape index (κ3) is 4.04. The monoisotopic (exact) mass is 385 g/mol. The molecule has 0 aliphatic carbocycles. The van der Waals surface area contributed by atoms with E-state index in [-0.39, 0.29) is 5.78 Å². The van der Waals surface area contributed by atoms with Crippen molar-refractivity contribution in [2.24, 2.45) is 0 Å². The Labute approximate surface area is 170 Å². The van der Waals surface area contributed by atoms with Crippen LogP contribution in [0.3, 0.4) is 0 Å². The van der Waals surface area contributed by atoms with Crippen molar-refractivity contribution in [1.29, 1.82) is 0 Å². The Morgan fingerprint density at radius 3 is 2.55 bits per heavy atom. The Hall–Kier alpha value is -3.47. The highest BCUT2D eigenvalue weighted by molar-refractivity contribution is 5.84. The smallest absolute Gasteiger partial charge is 0.158 e. The van der Waals surface area contributed by atoms with Crippen molar-refractivity contribution >= 4 is 16.8 Å². The van der Waals surface area contributed by atoms with Crippen molar-refractivity contribution in [2.75, 3.05) is 7.11 Å². The van der Waals surface area contributed by atoms with Crippen LogP contribution >= 0.6 is 0 Å². The minimum Gasteiger partial charge on any atom is -0.497 e. The number of ketones is 1. The van der Waals surface area contributed by atoms with Gasteiger partial charge in [-0.15, -0.1) is 0 Å². The van der Waals surface area contributed by atoms with Crippen molar-refractivity contribution in [3.8, 4) is 16.9 Å². The van der Waals surface area contributed by atoms with Crippen LogP contribution in [0.15, 0.2) is 60.8 Å². The summed E-state index contributed by atoms with van der Waals surface area (Å²) in [5.74, 6) is 0.997. The van der Waals surface area contributed by atoms with E-state index in [0.29, 0.717) is 13.0 Å². The summed E-state index contributed by atoms with van der Waals surface area (Å²) >= 11 is 0. The molecule has 5 heteroatoms. The van der Waals surface area contributed by atoms with Crippen LogP contribution < -0.4 is 4.74 Å². The Morgan fingerprint density at radius 2 is 1.83 bits per heavy atom. The van der Waals surface area contributed by atoms with Crippen molar-refractivity contribution in [2.45, 2.75) is 26.8 Å². The summed E-state index contributed by atoms with van der Waals surface area (Å²) in [5, 5.41) is 5.73. The minimum absolute atomic E-state index is 0.159. The highest BCUT2D eigenvalue weighted by Crippen LogP contribution is 2.26. The number of rotatable bonds is 6. The molecular formula is C24H23N3O2. The van der Waals surface area contributed by atoms with E-state index in [1.54, 1.807) is 14.0 Å². The van der Waals surface area contributed by atoms with Crippen molar-refractivity contribution in [3.05, 3.63) is 77.6 Å². The number of hydrogen-bond donors (Lipinski definition) is 0. The summed E-state index contributed by atoms with van der Waals surface area (Å²) in [6.07, 6.45) is 2.32. The number of aryl methyl sites for hydroxylation is 1. The molecule has 0 fully saturated rings. The molecule has 4 aromatic rings. The van der Waals surface area contributed by atoms with E-state index in [9.17, 15) is 4.79 Å². The molecule has 0 bridgehead atoms. The summed E-state index contributed by atoms with van der Waals surface area (Å²) in [4.78, 5) is 16.1. The fourth-order valence-corrected chi connectivity index (χ4v) is 3.53. The highest BCUT2D eigenvalue weighted by Gasteiger charge is 2.11. The summed E-state index contributed by atoms with van der Waals surface area (Å²) in [6, 6.07) is 18.2. The first-order valence-corrected chi connectivity index (χ1v) is 9.58. The van der Waals surface area contributed by atoms with Gasteiger partial charge in [0.1, 0.15) is 11.5 Å². The molecule has 0 radical (unpaired) electrons. The number of benzene rings is 2. The molecular weight excluding hydrogens is 362 g/mol. The average Bonchev–Trinajstić information content (AvgIpc) is 3.03. The lowest BCUT2D eigenvalue weighted by molar-refractivity contribution is -0.116. The molecule has 146 valence electrons. The van der Waals surface area contributed by atoms with E-state index in [4.69, 9.17) is 14.8 Å². The van der Waals surface area contributed by atoms with E-state index >= 15 is 0 Å². The standard InChI is InChI=1S/C24H23N3O2/c1-16(28)11-19-5-4-6-20(12-19)21-13-23-17(2)26-27(24(23)25-14-21)15-18-7-9-22(29-3)10-8-18/h4-10,12-14H,11,15H2,1-3H3. The second-order valence-electron chi connectivity index (χ2n) is 7.27. The fourth-order valence-electron chi connectivity index (χ4n) is 3.53. The zero-order valence-corrected chi connectivity index (χ0v) is 16.8. The Morgan fingerprint density at radius 1 is 1.03 bits per heavy atom. The number of nitrogens with zero attached hydrogens (tertiary/aromatic N) is 3. The van der Waals surface area contributed by atoms with Crippen LogP contribution in [0.2, 0.25) is 0 Å². The number of Topliss-reactive ketones (excluding diaryl/α,β-unsaturated/α-hetero) is 1. The Balaban J connectivity index is 1.67. The van der Waals surface area contributed by atoms with Gasteiger partial charge in [-0.05, 0) is 48.7 Å². The molecule has 0 atom stereocenters. The topological polar surface area (TPSA) is 57.0 Å². The molecule has 0 aliphatic heterocycles. The van der Waals surface area contributed by atoms with Crippen LogP contribution in [0.4, 0.5) is 0 Å². The first kappa shape index (κ1) is 18.9. The molecule has 2 aromatic carbocycles. The van der Waals surface area contributed by atoms with Gasteiger partial charge in [0.2, 0.25) is 0 Å². The predicted octanol–water partition coefficient (Wildman–Crippen LogP) is 4.60. The normalized spacial score (nSPS) is 11.0. The maximum Gasteiger partial charge on any atom is 0.158 e. The quantitative estimate of drug-likeness (QED) is 0.487. The molecule has 2 aromatic heterocycles. The van der Waals surface area contributed by atoms with Crippen LogP contribution in [0.1, 0.15) is 23.7 Å². The van der Waals surface area contributed by atoms with E-state index in [0.717, 1.165) is 44.7 Å². The van der Waals surface area contributed by atoms with Crippen molar-refractivity contribution < 1.29 is 9.53 Å². The lowest BCUT2D eigenvalue weighted by Gasteiger charge is -2.07. The Bertz CT molecular complexity index is 1180. The maximum absolute atomic E-state index is 11.4. The van der Waals surface area contributed by atoms with Gasteiger partial charge in [-0.2, -0.15) is 5.10 Å². The van der Waals surface area contributed by atoms with Crippen LogP contribution in [0, 0.1) is 6.92 Å². The summed E-state index contributed by atoms with van der Waals surface area (Å²) < 4.78 is 7.16. The third-order valence-corrected chi connectivity index (χ3v) is 4.98. The summed E-state index contributed by atoms with van der Waals surface area (Å²) in [5.41, 5.74) is 6.04. The van der Waals surface area contributed by atoms with Gasteiger partial charge in [0.25, 0.3) is 0 Å². The lowest BCUT2D eigenvalue weighted by atomic mass is 10.0. The van der Waals surface area contributed by atoms with Crippen LogP contribution in [-0.4, -0.2) is 27.7 Å². The van der Waals surface area contributed by atoms with Crippen molar-refractivity contribution in [1.82, 2.24) is 14.8 Å². The number of carbonyl (C=O) groups is 1. The number of ether oxygens (including phenoxy) is 1. The summed E-state index contributed by atoms with van der Waals surface area (Å²) in [6.45, 7) is 4.26. The zero-order chi connectivity index (χ0) is 20.4. The number of hydrogen-bond acceptors (Lipinski definition) is 4. The first-order valence-electron chi connectivity index (χ1n) is 9.58. The van der Waals surface area contributed by atoms with Gasteiger partial charge in [0.15, 0.2) is 5.65 Å². The van der Waals surface area contributed by atoms with Gasteiger partial charge >= 0.3 is 0 Å².